The highest BCUT2D eigenvalue weighted by atomic mass is 35.5. The highest BCUT2D eigenvalue weighted by Gasteiger charge is 2.36. The van der Waals surface area contributed by atoms with E-state index < -0.39 is 23.5 Å². The first-order chi connectivity index (χ1) is 12.1. The topological polar surface area (TPSA) is 35.2 Å². The zero-order valence-corrected chi connectivity index (χ0v) is 14.8. The molecular formula is C18H18ClF6NO. The van der Waals surface area contributed by atoms with Crippen molar-refractivity contribution < 1.29 is 31.1 Å². The van der Waals surface area contributed by atoms with Crippen LogP contribution in [0, 0.1) is 0 Å². The smallest absolute Gasteiger partial charge is 0.376 e. The molecule has 0 fully saturated rings. The highest BCUT2D eigenvalue weighted by molar-refractivity contribution is 5.85. The van der Waals surface area contributed by atoms with E-state index in [-0.39, 0.29) is 49.7 Å². The minimum Gasteiger partial charge on any atom is -0.376 e. The molecule has 9 heteroatoms. The van der Waals surface area contributed by atoms with Gasteiger partial charge in [-0.25, -0.2) is 0 Å². The molecule has 150 valence electrons. The van der Waals surface area contributed by atoms with Crippen LogP contribution in [0.3, 0.4) is 0 Å². The van der Waals surface area contributed by atoms with Gasteiger partial charge in [0.25, 0.3) is 0 Å². The molecule has 0 saturated carbocycles. The number of ether oxygens (including phenoxy) is 1. The summed E-state index contributed by atoms with van der Waals surface area (Å²) in [6.07, 6.45) is -9.75. The maximum atomic E-state index is 12.8. The minimum atomic E-state index is -4.88. The van der Waals surface area contributed by atoms with Crippen LogP contribution in [-0.2, 0) is 23.7 Å². The third kappa shape index (κ3) is 6.71. The van der Waals surface area contributed by atoms with Crippen molar-refractivity contribution in [2.45, 2.75) is 24.9 Å². The molecule has 2 aromatic rings. The van der Waals surface area contributed by atoms with Crippen molar-refractivity contribution in [2.24, 2.45) is 5.73 Å². The number of benzene rings is 2. The molecule has 2 N–H and O–H groups in total. The number of hydrogen-bond donors (Lipinski definition) is 1. The van der Waals surface area contributed by atoms with Crippen molar-refractivity contribution in [1.82, 2.24) is 0 Å². The number of hydrogen-bond acceptors (Lipinski definition) is 2. The second-order valence-electron chi connectivity index (χ2n) is 5.77. The Hall–Kier alpha value is -1.77. The average molecular weight is 414 g/mol. The van der Waals surface area contributed by atoms with Gasteiger partial charge in [0.2, 0.25) is 0 Å². The second-order valence-corrected chi connectivity index (χ2v) is 5.77. The molecule has 0 amide bonds. The SMILES string of the molecule is Cl.NCC(COCc1cc(C(F)(F)F)cc(C(F)(F)F)c1)c1ccccc1. The third-order valence-corrected chi connectivity index (χ3v) is 3.79. The summed E-state index contributed by atoms with van der Waals surface area (Å²) < 4.78 is 82.4. The fourth-order valence-corrected chi connectivity index (χ4v) is 2.45. The third-order valence-electron chi connectivity index (χ3n) is 3.79. The van der Waals surface area contributed by atoms with Crippen molar-refractivity contribution in [1.29, 1.82) is 0 Å². The van der Waals surface area contributed by atoms with Crippen molar-refractivity contribution in [3.8, 4) is 0 Å². The van der Waals surface area contributed by atoms with Crippen molar-refractivity contribution >= 4 is 12.4 Å². The van der Waals surface area contributed by atoms with Crippen LogP contribution in [-0.4, -0.2) is 13.2 Å². The molecule has 0 bridgehead atoms. The maximum Gasteiger partial charge on any atom is 0.416 e. The molecule has 1 unspecified atom stereocenters. The molecule has 0 aliphatic carbocycles. The Morgan fingerprint density at radius 1 is 0.852 bits per heavy atom. The summed E-state index contributed by atoms with van der Waals surface area (Å²) in [5.74, 6) is -0.205. The van der Waals surface area contributed by atoms with Crippen LogP contribution in [0.5, 0.6) is 0 Å². The van der Waals surface area contributed by atoms with Gasteiger partial charge in [-0.05, 0) is 29.3 Å². The summed E-state index contributed by atoms with van der Waals surface area (Å²) in [7, 11) is 0. The van der Waals surface area contributed by atoms with Gasteiger partial charge in [0.1, 0.15) is 0 Å². The van der Waals surface area contributed by atoms with Gasteiger partial charge in [-0.2, -0.15) is 26.3 Å². The molecule has 1 atom stereocenters. The first-order valence-electron chi connectivity index (χ1n) is 7.72. The molecule has 2 rings (SSSR count). The van der Waals surface area contributed by atoms with Gasteiger partial charge in [0.05, 0.1) is 24.3 Å². The summed E-state index contributed by atoms with van der Waals surface area (Å²) >= 11 is 0. The number of halogens is 7. The first-order valence-corrected chi connectivity index (χ1v) is 7.72. The van der Waals surface area contributed by atoms with E-state index >= 15 is 0 Å². The molecule has 0 saturated heterocycles. The van der Waals surface area contributed by atoms with Gasteiger partial charge in [0.15, 0.2) is 0 Å². The summed E-state index contributed by atoms with van der Waals surface area (Å²) in [4.78, 5) is 0. The van der Waals surface area contributed by atoms with Crippen LogP contribution in [0.1, 0.15) is 28.2 Å². The summed E-state index contributed by atoms with van der Waals surface area (Å²) in [6.45, 7) is -0.0607. The fraction of sp³-hybridized carbons (Fsp3) is 0.333. The van der Waals surface area contributed by atoms with E-state index in [0.717, 1.165) is 5.56 Å². The predicted octanol–water partition coefficient (Wildman–Crippen LogP) is 5.41. The molecule has 2 nitrogen and oxygen atoms in total. The maximum absolute atomic E-state index is 12.8. The Morgan fingerprint density at radius 3 is 1.81 bits per heavy atom. The molecule has 0 spiro atoms. The molecular weight excluding hydrogens is 396 g/mol. The van der Waals surface area contributed by atoms with Gasteiger partial charge in [-0.15, -0.1) is 12.4 Å². The molecule has 0 radical (unpaired) electrons. The Kier molecular flexibility index (Phi) is 8.13. The van der Waals surface area contributed by atoms with Gasteiger partial charge in [-0.3, -0.25) is 0 Å². The minimum absolute atomic E-state index is 0. The summed E-state index contributed by atoms with van der Waals surface area (Å²) in [5.41, 5.74) is 3.64. The Morgan fingerprint density at radius 2 is 1.37 bits per heavy atom. The molecule has 2 aromatic carbocycles. The number of nitrogens with two attached hydrogens (primary N) is 1. The van der Waals surface area contributed by atoms with Crippen LogP contribution in [0.25, 0.3) is 0 Å². The summed E-state index contributed by atoms with van der Waals surface area (Å²) in [6, 6.07) is 10.5. The van der Waals surface area contributed by atoms with Gasteiger partial charge < -0.3 is 10.5 Å². The quantitative estimate of drug-likeness (QED) is 0.643. The lowest BCUT2D eigenvalue weighted by Gasteiger charge is -2.17. The van der Waals surface area contributed by atoms with Crippen LogP contribution < -0.4 is 5.73 Å². The Labute approximate surface area is 158 Å². The Balaban J connectivity index is 0.00000364. The molecule has 0 aliphatic rings. The molecule has 0 heterocycles. The van der Waals surface area contributed by atoms with E-state index in [1.165, 1.54) is 0 Å². The van der Waals surface area contributed by atoms with Crippen molar-refractivity contribution in [3.05, 3.63) is 70.8 Å². The fourth-order valence-electron chi connectivity index (χ4n) is 2.45. The van der Waals surface area contributed by atoms with Gasteiger partial charge in [0, 0.05) is 12.5 Å². The van der Waals surface area contributed by atoms with Gasteiger partial charge >= 0.3 is 12.4 Å². The molecule has 0 aromatic heterocycles. The largest absolute Gasteiger partial charge is 0.416 e. The highest BCUT2D eigenvalue weighted by Crippen LogP contribution is 2.36. The van der Waals surface area contributed by atoms with Gasteiger partial charge in [-0.1, -0.05) is 30.3 Å². The van der Waals surface area contributed by atoms with Crippen molar-refractivity contribution in [2.75, 3.05) is 13.2 Å². The lowest BCUT2D eigenvalue weighted by atomic mass is 10.0. The van der Waals surface area contributed by atoms with Crippen LogP contribution in [0.2, 0.25) is 0 Å². The van der Waals surface area contributed by atoms with E-state index in [1.54, 1.807) is 12.1 Å². The van der Waals surface area contributed by atoms with E-state index in [0.29, 0.717) is 12.1 Å². The van der Waals surface area contributed by atoms with E-state index in [1.807, 2.05) is 18.2 Å². The van der Waals surface area contributed by atoms with Crippen LogP contribution >= 0.6 is 12.4 Å². The monoisotopic (exact) mass is 413 g/mol. The lowest BCUT2D eigenvalue weighted by Crippen LogP contribution is -2.18. The second kappa shape index (κ2) is 9.43. The zero-order chi connectivity index (χ0) is 19.4. The number of rotatable bonds is 6. The first kappa shape index (κ1) is 23.3. The zero-order valence-electron chi connectivity index (χ0n) is 14.0. The average Bonchev–Trinajstić information content (AvgIpc) is 2.58. The normalized spacial score (nSPS) is 13.1. The van der Waals surface area contributed by atoms with E-state index in [2.05, 4.69) is 0 Å². The van der Waals surface area contributed by atoms with Crippen LogP contribution in [0.4, 0.5) is 26.3 Å². The molecule has 27 heavy (non-hydrogen) atoms. The van der Waals surface area contributed by atoms with Crippen molar-refractivity contribution in [3.63, 3.8) is 0 Å². The van der Waals surface area contributed by atoms with Crippen LogP contribution in [0.15, 0.2) is 48.5 Å². The predicted molar refractivity (Wildman–Crippen MR) is 91.6 cm³/mol. The lowest BCUT2D eigenvalue weighted by molar-refractivity contribution is -0.143. The number of alkyl halides is 6. The Bertz CT molecular complexity index is 686. The molecule has 0 aliphatic heterocycles. The van der Waals surface area contributed by atoms with E-state index in [9.17, 15) is 26.3 Å². The van der Waals surface area contributed by atoms with E-state index in [4.69, 9.17) is 10.5 Å². The standard InChI is InChI=1S/C18H17F6NO.ClH/c19-17(20,21)15-6-12(7-16(8-15)18(22,23)24)10-26-11-14(9-25)13-4-2-1-3-5-13;/h1-8,14H,9-11,25H2;1H. The summed E-state index contributed by atoms with van der Waals surface area (Å²) in [5, 5.41) is 0.